The van der Waals surface area contributed by atoms with Crippen LogP contribution in [0.5, 0.6) is 0 Å². The maximum absolute atomic E-state index is 12.4. The van der Waals surface area contributed by atoms with Gasteiger partial charge in [-0.25, -0.2) is 4.98 Å². The van der Waals surface area contributed by atoms with Crippen molar-refractivity contribution >= 4 is 23.3 Å². The zero-order valence-corrected chi connectivity index (χ0v) is 14.2. The molecule has 0 atom stereocenters. The summed E-state index contributed by atoms with van der Waals surface area (Å²) in [5.41, 5.74) is 0. The maximum atomic E-state index is 12.4. The number of halogens is 1. The molecule has 126 valence electrons. The third-order valence-electron chi connectivity index (χ3n) is 4.61. The van der Waals surface area contributed by atoms with E-state index in [1.165, 1.54) is 12.8 Å². The zero-order chi connectivity index (χ0) is 16.1. The SMILES string of the molecule is O=C(CN1CCN(c2cncc(Cl)n2)CC1)N1CCCCCC1. The molecule has 1 amide bonds. The van der Waals surface area contributed by atoms with Crippen LogP contribution in [0.3, 0.4) is 0 Å². The van der Waals surface area contributed by atoms with E-state index in [1.807, 2.05) is 4.90 Å². The van der Waals surface area contributed by atoms with Gasteiger partial charge in [-0.2, -0.15) is 0 Å². The van der Waals surface area contributed by atoms with Crippen molar-refractivity contribution in [3.63, 3.8) is 0 Å². The molecule has 0 aliphatic carbocycles. The molecule has 3 heterocycles. The van der Waals surface area contributed by atoms with Crippen LogP contribution in [0.1, 0.15) is 25.7 Å². The van der Waals surface area contributed by atoms with E-state index in [2.05, 4.69) is 19.8 Å². The average molecular weight is 338 g/mol. The molecule has 1 aromatic rings. The van der Waals surface area contributed by atoms with Gasteiger partial charge in [0.25, 0.3) is 0 Å². The van der Waals surface area contributed by atoms with E-state index < -0.39 is 0 Å². The van der Waals surface area contributed by atoms with Crippen molar-refractivity contribution in [2.75, 3.05) is 50.7 Å². The lowest BCUT2D eigenvalue weighted by atomic mass is 10.2. The van der Waals surface area contributed by atoms with Crippen LogP contribution in [0.25, 0.3) is 0 Å². The summed E-state index contributed by atoms with van der Waals surface area (Å²) in [7, 11) is 0. The summed E-state index contributed by atoms with van der Waals surface area (Å²) in [6, 6.07) is 0. The number of hydrogen-bond acceptors (Lipinski definition) is 5. The first-order chi connectivity index (χ1) is 11.2. The van der Waals surface area contributed by atoms with Gasteiger partial charge < -0.3 is 9.80 Å². The summed E-state index contributed by atoms with van der Waals surface area (Å²) in [6.45, 7) is 5.83. The van der Waals surface area contributed by atoms with Gasteiger partial charge in [-0.3, -0.25) is 14.7 Å². The van der Waals surface area contributed by atoms with E-state index in [1.54, 1.807) is 12.4 Å². The fourth-order valence-corrected chi connectivity index (χ4v) is 3.37. The van der Waals surface area contributed by atoms with Gasteiger partial charge >= 0.3 is 0 Å². The van der Waals surface area contributed by atoms with Crippen LogP contribution >= 0.6 is 11.6 Å². The van der Waals surface area contributed by atoms with Gasteiger partial charge in [-0.15, -0.1) is 0 Å². The Balaban J connectivity index is 1.48. The number of anilines is 1. The highest BCUT2D eigenvalue weighted by Crippen LogP contribution is 2.15. The minimum absolute atomic E-state index is 0.280. The van der Waals surface area contributed by atoms with Crippen LogP contribution < -0.4 is 4.90 Å². The first-order valence-electron chi connectivity index (χ1n) is 8.45. The second-order valence-electron chi connectivity index (χ2n) is 6.26. The molecule has 0 saturated carbocycles. The molecule has 1 aromatic heterocycles. The second-order valence-corrected chi connectivity index (χ2v) is 6.65. The van der Waals surface area contributed by atoms with Gasteiger partial charge in [0.15, 0.2) is 0 Å². The van der Waals surface area contributed by atoms with Crippen molar-refractivity contribution in [3.05, 3.63) is 17.5 Å². The van der Waals surface area contributed by atoms with Crippen LogP contribution in [-0.4, -0.2) is 71.5 Å². The number of hydrogen-bond donors (Lipinski definition) is 0. The van der Waals surface area contributed by atoms with Crippen molar-refractivity contribution < 1.29 is 4.79 Å². The van der Waals surface area contributed by atoms with Gasteiger partial charge in [-0.1, -0.05) is 24.4 Å². The Bertz CT molecular complexity index is 525. The lowest BCUT2D eigenvalue weighted by Gasteiger charge is -2.35. The van der Waals surface area contributed by atoms with E-state index in [-0.39, 0.29) is 5.91 Å². The highest BCUT2D eigenvalue weighted by Gasteiger charge is 2.23. The summed E-state index contributed by atoms with van der Waals surface area (Å²) in [5.74, 6) is 1.10. The fourth-order valence-electron chi connectivity index (χ4n) is 3.23. The van der Waals surface area contributed by atoms with Gasteiger partial charge in [0.1, 0.15) is 11.0 Å². The molecule has 2 aliphatic heterocycles. The van der Waals surface area contributed by atoms with Crippen molar-refractivity contribution in [2.24, 2.45) is 0 Å². The molecule has 6 nitrogen and oxygen atoms in total. The van der Waals surface area contributed by atoms with Crippen LogP contribution in [0.15, 0.2) is 12.4 Å². The zero-order valence-electron chi connectivity index (χ0n) is 13.5. The first kappa shape index (κ1) is 16.5. The maximum Gasteiger partial charge on any atom is 0.236 e. The van der Waals surface area contributed by atoms with Crippen molar-refractivity contribution in [1.29, 1.82) is 0 Å². The largest absolute Gasteiger partial charge is 0.353 e. The normalized spacial score (nSPS) is 20.4. The Morgan fingerprint density at radius 2 is 1.70 bits per heavy atom. The van der Waals surface area contributed by atoms with Crippen molar-refractivity contribution in [2.45, 2.75) is 25.7 Å². The van der Waals surface area contributed by atoms with E-state index >= 15 is 0 Å². The molecule has 3 rings (SSSR count). The quantitative estimate of drug-likeness (QED) is 0.839. The number of amides is 1. The van der Waals surface area contributed by atoms with E-state index in [0.29, 0.717) is 11.7 Å². The Hall–Kier alpha value is -1.40. The van der Waals surface area contributed by atoms with E-state index in [0.717, 1.165) is 57.9 Å². The van der Waals surface area contributed by atoms with Crippen LogP contribution in [0.2, 0.25) is 5.15 Å². The van der Waals surface area contributed by atoms with Crippen molar-refractivity contribution in [3.8, 4) is 0 Å². The topological polar surface area (TPSA) is 52.6 Å². The minimum atomic E-state index is 0.280. The van der Waals surface area contributed by atoms with Crippen molar-refractivity contribution in [1.82, 2.24) is 19.8 Å². The molecule has 2 aliphatic rings. The van der Waals surface area contributed by atoms with Gasteiger partial charge in [0.2, 0.25) is 5.91 Å². The first-order valence-corrected chi connectivity index (χ1v) is 8.83. The number of piperazine rings is 1. The fraction of sp³-hybridized carbons (Fsp3) is 0.688. The molecule has 0 aromatic carbocycles. The summed E-state index contributed by atoms with van der Waals surface area (Å²) in [6.07, 6.45) is 8.08. The summed E-state index contributed by atoms with van der Waals surface area (Å²) in [5, 5.41) is 0.418. The van der Waals surface area contributed by atoms with E-state index in [4.69, 9.17) is 11.6 Å². The molecule has 0 bridgehead atoms. The number of carbonyl (C=O) groups excluding carboxylic acids is 1. The van der Waals surface area contributed by atoms with E-state index in [9.17, 15) is 4.79 Å². The highest BCUT2D eigenvalue weighted by molar-refractivity contribution is 6.29. The Morgan fingerprint density at radius 3 is 2.35 bits per heavy atom. The lowest BCUT2D eigenvalue weighted by molar-refractivity contribution is -0.132. The van der Waals surface area contributed by atoms with Crippen LogP contribution in [0, 0.1) is 0 Å². The van der Waals surface area contributed by atoms with Gasteiger partial charge in [0, 0.05) is 39.3 Å². The molecule has 0 spiro atoms. The Kier molecular flexibility index (Phi) is 5.67. The van der Waals surface area contributed by atoms with Crippen LogP contribution in [0.4, 0.5) is 5.82 Å². The summed E-state index contributed by atoms with van der Waals surface area (Å²) in [4.78, 5) is 27.3. The summed E-state index contributed by atoms with van der Waals surface area (Å²) < 4.78 is 0. The predicted molar refractivity (Wildman–Crippen MR) is 90.7 cm³/mol. The monoisotopic (exact) mass is 337 g/mol. The molecule has 2 saturated heterocycles. The minimum Gasteiger partial charge on any atom is -0.353 e. The predicted octanol–water partition coefficient (Wildman–Crippen LogP) is 1.65. The lowest BCUT2D eigenvalue weighted by Crippen LogP contribution is -2.50. The Morgan fingerprint density at radius 1 is 1.00 bits per heavy atom. The van der Waals surface area contributed by atoms with Crippen LogP contribution in [-0.2, 0) is 4.79 Å². The highest BCUT2D eigenvalue weighted by atomic mass is 35.5. The smallest absolute Gasteiger partial charge is 0.236 e. The number of likely N-dealkylation sites (tertiary alicyclic amines) is 1. The average Bonchev–Trinajstić information content (AvgIpc) is 2.85. The molecule has 0 radical (unpaired) electrons. The molecular weight excluding hydrogens is 314 g/mol. The molecule has 0 N–H and O–H groups in total. The third kappa shape index (κ3) is 4.54. The molecule has 7 heteroatoms. The molecule has 0 unspecified atom stereocenters. The molecule has 2 fully saturated rings. The second kappa shape index (κ2) is 7.93. The molecule has 23 heavy (non-hydrogen) atoms. The van der Waals surface area contributed by atoms with Gasteiger partial charge in [-0.05, 0) is 12.8 Å². The Labute approximate surface area is 142 Å². The molecular formula is C16H24ClN5O. The standard InChI is InChI=1S/C16H24ClN5O/c17-14-11-18-12-15(19-14)21-9-7-20(8-10-21)13-16(23)22-5-3-1-2-4-6-22/h11-12H,1-10,13H2. The summed E-state index contributed by atoms with van der Waals surface area (Å²) >= 11 is 5.90. The number of carbonyl (C=O) groups is 1. The number of aromatic nitrogens is 2. The number of nitrogens with zero attached hydrogens (tertiary/aromatic N) is 5. The number of rotatable bonds is 3. The third-order valence-corrected chi connectivity index (χ3v) is 4.79. The van der Waals surface area contributed by atoms with Gasteiger partial charge in [0.05, 0.1) is 18.9 Å².